The number of aliphatic hydroxyl groups is 1. The lowest BCUT2D eigenvalue weighted by Gasteiger charge is -2.20. The zero-order chi connectivity index (χ0) is 8.85. The van der Waals surface area contributed by atoms with Crippen LogP contribution in [-0.4, -0.2) is 42.9 Å². The third kappa shape index (κ3) is 3.75. The molecule has 0 aliphatic carbocycles. The normalized spacial score (nSPS) is 12.7. The molecule has 0 amide bonds. The summed E-state index contributed by atoms with van der Waals surface area (Å²) in [5.41, 5.74) is 0. The van der Waals surface area contributed by atoms with Gasteiger partial charge in [-0.25, -0.2) is 4.79 Å². The highest BCUT2D eigenvalue weighted by atomic mass is 16.6. The molecule has 0 bridgehead atoms. The van der Waals surface area contributed by atoms with Crippen LogP contribution in [0.5, 0.6) is 0 Å². The van der Waals surface area contributed by atoms with Gasteiger partial charge in [0.2, 0.25) is 0 Å². The predicted octanol–water partition coefficient (Wildman–Crippen LogP) is -0.404. The molecule has 0 aromatic rings. The second-order valence-corrected chi connectivity index (χ2v) is 2.24. The molecule has 0 radical (unpaired) electrons. The minimum atomic E-state index is -0.583. The first-order valence-electron chi connectivity index (χ1n) is 3.22. The van der Waals surface area contributed by atoms with Crippen molar-refractivity contribution >= 4 is 5.97 Å². The lowest BCUT2D eigenvalue weighted by molar-refractivity contribution is -0.154. The van der Waals surface area contributed by atoms with Crippen LogP contribution in [0.1, 0.15) is 0 Å². The van der Waals surface area contributed by atoms with E-state index >= 15 is 0 Å². The van der Waals surface area contributed by atoms with E-state index in [-0.39, 0.29) is 6.61 Å². The summed E-state index contributed by atoms with van der Waals surface area (Å²) in [7, 11) is 3.41. The Kier molecular flexibility index (Phi) is 4.49. The fourth-order valence-electron chi connectivity index (χ4n) is 0.488. The van der Waals surface area contributed by atoms with Gasteiger partial charge in [-0.1, -0.05) is 6.58 Å². The van der Waals surface area contributed by atoms with Crippen molar-refractivity contribution in [2.45, 2.75) is 6.23 Å². The number of ether oxygens (including phenoxy) is 1. The molecule has 11 heavy (non-hydrogen) atoms. The van der Waals surface area contributed by atoms with Gasteiger partial charge in [-0.3, -0.25) is 4.90 Å². The maximum atomic E-state index is 10.6. The van der Waals surface area contributed by atoms with Gasteiger partial charge in [0.1, 0.15) is 0 Å². The first-order valence-corrected chi connectivity index (χ1v) is 3.22. The Labute approximate surface area is 66.1 Å². The van der Waals surface area contributed by atoms with Crippen molar-refractivity contribution in [3.05, 3.63) is 12.7 Å². The van der Waals surface area contributed by atoms with Gasteiger partial charge < -0.3 is 9.84 Å². The predicted molar refractivity (Wildman–Crippen MR) is 40.8 cm³/mol. The van der Waals surface area contributed by atoms with Crippen LogP contribution in [0.4, 0.5) is 0 Å². The molecule has 0 rings (SSSR count). The van der Waals surface area contributed by atoms with Crippen LogP contribution in [0.15, 0.2) is 12.7 Å². The van der Waals surface area contributed by atoms with Gasteiger partial charge in [0, 0.05) is 6.08 Å². The lowest BCUT2D eigenvalue weighted by atomic mass is 10.5. The molecule has 0 aromatic carbocycles. The number of aliphatic hydroxyl groups excluding tert-OH is 1. The summed E-state index contributed by atoms with van der Waals surface area (Å²) in [4.78, 5) is 12.2. The summed E-state index contributed by atoms with van der Waals surface area (Å²) >= 11 is 0. The van der Waals surface area contributed by atoms with E-state index in [1.54, 1.807) is 19.0 Å². The number of carbonyl (C=O) groups is 1. The molecule has 1 unspecified atom stereocenters. The summed E-state index contributed by atoms with van der Waals surface area (Å²) in [5, 5.41) is 8.69. The lowest BCUT2D eigenvalue weighted by Crippen LogP contribution is -2.35. The van der Waals surface area contributed by atoms with Crippen molar-refractivity contribution in [2.24, 2.45) is 0 Å². The number of rotatable bonds is 4. The van der Waals surface area contributed by atoms with E-state index in [1.165, 1.54) is 0 Å². The maximum absolute atomic E-state index is 10.6. The van der Waals surface area contributed by atoms with Crippen molar-refractivity contribution in [1.82, 2.24) is 4.90 Å². The van der Waals surface area contributed by atoms with Crippen LogP contribution in [0.2, 0.25) is 0 Å². The fraction of sp³-hybridized carbons (Fsp3) is 0.571. The summed E-state index contributed by atoms with van der Waals surface area (Å²) < 4.78 is 4.73. The van der Waals surface area contributed by atoms with Gasteiger partial charge in [0.15, 0.2) is 6.23 Å². The first kappa shape index (κ1) is 10.1. The van der Waals surface area contributed by atoms with Crippen LogP contribution < -0.4 is 0 Å². The van der Waals surface area contributed by atoms with Crippen molar-refractivity contribution in [3.8, 4) is 0 Å². The molecule has 0 aromatic heterocycles. The summed E-state index contributed by atoms with van der Waals surface area (Å²) in [6, 6.07) is 0. The Morgan fingerprint density at radius 3 is 2.64 bits per heavy atom. The van der Waals surface area contributed by atoms with E-state index in [0.29, 0.717) is 0 Å². The molecule has 0 spiro atoms. The quantitative estimate of drug-likeness (QED) is 0.344. The zero-order valence-electron chi connectivity index (χ0n) is 6.78. The number of esters is 1. The van der Waals surface area contributed by atoms with E-state index in [2.05, 4.69) is 6.58 Å². The molecule has 0 aliphatic heterocycles. The third-order valence-electron chi connectivity index (χ3n) is 1.15. The third-order valence-corrected chi connectivity index (χ3v) is 1.15. The van der Waals surface area contributed by atoms with Crippen LogP contribution in [0.3, 0.4) is 0 Å². The maximum Gasteiger partial charge on any atom is 0.331 e. The molecular weight excluding hydrogens is 146 g/mol. The largest absolute Gasteiger partial charge is 0.441 e. The minimum Gasteiger partial charge on any atom is -0.441 e. The highest BCUT2D eigenvalue weighted by molar-refractivity contribution is 5.81. The minimum absolute atomic E-state index is 0.216. The van der Waals surface area contributed by atoms with E-state index in [4.69, 9.17) is 9.84 Å². The molecule has 0 saturated heterocycles. The molecule has 1 atom stereocenters. The molecule has 4 nitrogen and oxygen atoms in total. The molecule has 1 N–H and O–H groups in total. The summed E-state index contributed by atoms with van der Waals surface area (Å²) in [6.45, 7) is 3.02. The highest BCUT2D eigenvalue weighted by Gasteiger charge is 2.12. The molecule has 0 fully saturated rings. The molecule has 0 aliphatic rings. The summed E-state index contributed by atoms with van der Waals surface area (Å²) in [6.07, 6.45) is 0.479. The van der Waals surface area contributed by atoms with Gasteiger partial charge in [0.05, 0.1) is 6.61 Å². The number of hydrogen-bond donors (Lipinski definition) is 1. The van der Waals surface area contributed by atoms with Gasteiger partial charge >= 0.3 is 5.97 Å². The Bertz CT molecular complexity index is 145. The second-order valence-electron chi connectivity index (χ2n) is 2.24. The first-order chi connectivity index (χ1) is 5.11. The standard InChI is InChI=1S/C7H13NO3/c1-4-7(10)11-6(5-9)8(2)3/h4,6,9H,1,5H2,2-3H3. The van der Waals surface area contributed by atoms with Crippen molar-refractivity contribution in [1.29, 1.82) is 0 Å². The average molecular weight is 159 g/mol. The Hall–Kier alpha value is -0.870. The highest BCUT2D eigenvalue weighted by Crippen LogP contribution is 1.95. The van der Waals surface area contributed by atoms with Crippen LogP contribution in [0, 0.1) is 0 Å². The Balaban J connectivity index is 3.87. The SMILES string of the molecule is C=CC(=O)OC(CO)N(C)C. The van der Waals surface area contributed by atoms with Crippen molar-refractivity contribution < 1.29 is 14.6 Å². The van der Waals surface area contributed by atoms with E-state index in [0.717, 1.165) is 6.08 Å². The second kappa shape index (κ2) is 4.87. The monoisotopic (exact) mass is 159 g/mol. The zero-order valence-corrected chi connectivity index (χ0v) is 6.78. The average Bonchev–Trinajstić information content (AvgIpc) is 1.99. The van der Waals surface area contributed by atoms with Gasteiger partial charge in [0.25, 0.3) is 0 Å². The fourth-order valence-corrected chi connectivity index (χ4v) is 0.488. The summed E-state index contributed by atoms with van der Waals surface area (Å²) in [5.74, 6) is -0.530. The molecule has 0 heterocycles. The molecule has 4 heteroatoms. The van der Waals surface area contributed by atoms with Crippen molar-refractivity contribution in [3.63, 3.8) is 0 Å². The molecule has 64 valence electrons. The number of nitrogens with zero attached hydrogens (tertiary/aromatic N) is 1. The van der Waals surface area contributed by atoms with Gasteiger partial charge in [-0.15, -0.1) is 0 Å². The molecule has 0 saturated carbocycles. The Morgan fingerprint density at radius 2 is 2.36 bits per heavy atom. The molecular formula is C7H13NO3. The van der Waals surface area contributed by atoms with Crippen LogP contribution in [0.25, 0.3) is 0 Å². The number of carbonyl (C=O) groups excluding carboxylic acids is 1. The van der Waals surface area contributed by atoms with E-state index < -0.39 is 12.2 Å². The van der Waals surface area contributed by atoms with Crippen LogP contribution in [-0.2, 0) is 9.53 Å². The number of hydrogen-bond acceptors (Lipinski definition) is 4. The van der Waals surface area contributed by atoms with Crippen molar-refractivity contribution in [2.75, 3.05) is 20.7 Å². The Morgan fingerprint density at radius 1 is 1.82 bits per heavy atom. The van der Waals surface area contributed by atoms with Crippen LogP contribution >= 0.6 is 0 Å². The topological polar surface area (TPSA) is 49.8 Å². The van der Waals surface area contributed by atoms with E-state index in [9.17, 15) is 4.79 Å². The number of likely N-dealkylation sites (N-methyl/N-ethyl adjacent to an activating group) is 1. The smallest absolute Gasteiger partial charge is 0.331 e. The van der Waals surface area contributed by atoms with Gasteiger partial charge in [-0.05, 0) is 14.1 Å². The van der Waals surface area contributed by atoms with Gasteiger partial charge in [-0.2, -0.15) is 0 Å². The van der Waals surface area contributed by atoms with E-state index in [1.807, 2.05) is 0 Å².